The molecule has 2 atom stereocenters. The monoisotopic (exact) mass is 608 g/mol. The quantitative estimate of drug-likeness (QED) is 0.205. The van der Waals surface area contributed by atoms with Crippen molar-refractivity contribution in [3.63, 3.8) is 0 Å². The molecule has 0 bridgehead atoms. The van der Waals surface area contributed by atoms with Crippen LogP contribution in [0.4, 0.5) is 0 Å². The Morgan fingerprint density at radius 3 is 1.48 bits per heavy atom. The van der Waals surface area contributed by atoms with Crippen molar-refractivity contribution in [1.29, 1.82) is 0 Å². The van der Waals surface area contributed by atoms with Crippen molar-refractivity contribution in [1.82, 2.24) is 29.5 Å². The van der Waals surface area contributed by atoms with E-state index in [2.05, 4.69) is 20.4 Å². The van der Waals surface area contributed by atoms with E-state index in [4.69, 9.17) is 34.7 Å². The van der Waals surface area contributed by atoms with E-state index in [9.17, 15) is 9.59 Å². The van der Waals surface area contributed by atoms with Crippen LogP contribution in [0.1, 0.15) is 38.1 Å². The minimum absolute atomic E-state index is 0.0354. The number of hydrogen-bond donors (Lipinski definition) is 4. The molecule has 0 saturated heterocycles. The Kier molecular flexibility index (Phi) is 8.43. The molecule has 0 aliphatic rings. The van der Waals surface area contributed by atoms with E-state index in [0.717, 1.165) is 46.0 Å². The SMILES string of the molecule is Cc1[nH]nc2c1c(=O)n(CC[C@@H](C)N)c1ccc(Cl)cc21.Cc1[nH]nc2c1c(=O)n(CC[C@H](C)N)c1ccc(Cl)cc21. The van der Waals surface area contributed by atoms with Crippen molar-refractivity contribution in [3.8, 4) is 0 Å². The van der Waals surface area contributed by atoms with E-state index in [1.54, 1.807) is 21.3 Å². The van der Waals surface area contributed by atoms with E-state index in [1.165, 1.54) is 0 Å². The van der Waals surface area contributed by atoms with Crippen molar-refractivity contribution in [2.75, 3.05) is 0 Å². The predicted molar refractivity (Wildman–Crippen MR) is 172 cm³/mol. The van der Waals surface area contributed by atoms with Crippen LogP contribution in [-0.2, 0) is 13.1 Å². The molecule has 0 amide bonds. The molecule has 10 nitrogen and oxygen atoms in total. The Labute approximate surface area is 251 Å². The van der Waals surface area contributed by atoms with Gasteiger partial charge in [-0.2, -0.15) is 10.2 Å². The van der Waals surface area contributed by atoms with E-state index < -0.39 is 0 Å². The molecule has 0 spiro atoms. The number of H-pyrrole nitrogens is 2. The topological polar surface area (TPSA) is 153 Å². The molecule has 6 N–H and O–H groups in total. The number of aryl methyl sites for hydroxylation is 4. The van der Waals surface area contributed by atoms with Gasteiger partial charge < -0.3 is 20.6 Å². The van der Waals surface area contributed by atoms with Crippen LogP contribution in [0.25, 0.3) is 43.6 Å². The molecule has 42 heavy (non-hydrogen) atoms. The Morgan fingerprint density at radius 1 is 0.738 bits per heavy atom. The zero-order chi connectivity index (χ0) is 30.3. The summed E-state index contributed by atoms with van der Waals surface area (Å²) in [7, 11) is 0. The fourth-order valence-corrected chi connectivity index (χ4v) is 5.58. The zero-order valence-electron chi connectivity index (χ0n) is 24.0. The summed E-state index contributed by atoms with van der Waals surface area (Å²) < 4.78 is 3.53. The molecule has 220 valence electrons. The minimum atomic E-state index is -0.0354. The summed E-state index contributed by atoms with van der Waals surface area (Å²) in [6.07, 6.45) is 1.47. The lowest BCUT2D eigenvalue weighted by Gasteiger charge is -2.13. The summed E-state index contributed by atoms with van der Waals surface area (Å²) in [5.41, 5.74) is 16.1. The number of nitrogens with one attached hydrogen (secondary N) is 2. The molecule has 12 heteroatoms. The molecular weight excluding hydrogens is 575 g/mol. The average Bonchev–Trinajstić information content (AvgIpc) is 3.52. The number of hydrogen-bond acceptors (Lipinski definition) is 6. The third-order valence-electron chi connectivity index (χ3n) is 7.44. The van der Waals surface area contributed by atoms with Gasteiger partial charge in [0.1, 0.15) is 11.0 Å². The smallest absolute Gasteiger partial charge is 0.262 e. The number of nitrogens with zero attached hydrogens (tertiary/aromatic N) is 4. The molecular formula is C30H34Cl2N8O2. The van der Waals surface area contributed by atoms with Crippen LogP contribution in [0, 0.1) is 13.8 Å². The summed E-state index contributed by atoms with van der Waals surface area (Å²) in [6, 6.07) is 11.1. The zero-order valence-corrected chi connectivity index (χ0v) is 25.5. The van der Waals surface area contributed by atoms with E-state index in [1.807, 2.05) is 52.0 Å². The Bertz CT molecular complexity index is 1910. The first kappa shape index (κ1) is 29.8. The summed E-state index contributed by atoms with van der Waals surface area (Å²) in [5, 5.41) is 18.6. The van der Waals surface area contributed by atoms with Gasteiger partial charge in [0.15, 0.2) is 0 Å². The van der Waals surface area contributed by atoms with Crippen LogP contribution in [0.3, 0.4) is 0 Å². The maximum absolute atomic E-state index is 12.8. The number of benzene rings is 2. The van der Waals surface area contributed by atoms with Crippen molar-refractivity contribution in [3.05, 3.63) is 78.5 Å². The molecule has 0 aliphatic heterocycles. The first-order chi connectivity index (χ1) is 20.0. The number of fused-ring (bicyclic) bond motifs is 6. The average molecular weight is 610 g/mol. The van der Waals surface area contributed by atoms with Crippen LogP contribution < -0.4 is 22.6 Å². The lowest BCUT2D eigenvalue weighted by molar-refractivity contribution is 0.573. The minimum Gasteiger partial charge on any atom is -0.328 e. The molecule has 4 aromatic heterocycles. The van der Waals surface area contributed by atoms with Crippen molar-refractivity contribution in [2.45, 2.75) is 65.7 Å². The van der Waals surface area contributed by atoms with Gasteiger partial charge in [-0.15, -0.1) is 0 Å². The number of pyridine rings is 2. The second-order valence-corrected chi connectivity index (χ2v) is 11.8. The van der Waals surface area contributed by atoms with Gasteiger partial charge in [0.25, 0.3) is 11.1 Å². The first-order valence-corrected chi connectivity index (χ1v) is 14.6. The summed E-state index contributed by atoms with van der Waals surface area (Å²) in [5.74, 6) is 0. The van der Waals surface area contributed by atoms with Gasteiger partial charge in [0, 0.05) is 57.4 Å². The van der Waals surface area contributed by atoms with Crippen LogP contribution in [0.2, 0.25) is 10.0 Å². The summed E-state index contributed by atoms with van der Waals surface area (Å²) >= 11 is 12.2. The van der Waals surface area contributed by atoms with E-state index in [0.29, 0.717) is 44.9 Å². The molecule has 6 rings (SSSR count). The van der Waals surface area contributed by atoms with E-state index in [-0.39, 0.29) is 23.2 Å². The molecule has 0 saturated carbocycles. The number of nitrogens with two attached hydrogens (primary N) is 2. The van der Waals surface area contributed by atoms with Gasteiger partial charge >= 0.3 is 0 Å². The highest BCUT2D eigenvalue weighted by molar-refractivity contribution is 6.32. The second kappa shape index (κ2) is 11.9. The predicted octanol–water partition coefficient (Wildman–Crippen LogP) is 5.15. The van der Waals surface area contributed by atoms with Crippen molar-refractivity contribution in [2.24, 2.45) is 11.5 Å². The van der Waals surface area contributed by atoms with Gasteiger partial charge in [0.2, 0.25) is 0 Å². The molecule has 2 aromatic carbocycles. The Balaban J connectivity index is 0.000000168. The fourth-order valence-electron chi connectivity index (χ4n) is 5.24. The molecule has 0 radical (unpaired) electrons. The normalized spacial score (nSPS) is 13.1. The first-order valence-electron chi connectivity index (χ1n) is 13.8. The summed E-state index contributed by atoms with van der Waals surface area (Å²) in [6.45, 7) is 8.73. The lowest BCUT2D eigenvalue weighted by Crippen LogP contribution is -2.25. The highest BCUT2D eigenvalue weighted by Crippen LogP contribution is 2.27. The van der Waals surface area contributed by atoms with Crippen LogP contribution >= 0.6 is 23.2 Å². The van der Waals surface area contributed by atoms with Gasteiger partial charge in [-0.05, 0) is 76.9 Å². The molecule has 4 heterocycles. The number of aromatic amines is 2. The third-order valence-corrected chi connectivity index (χ3v) is 7.91. The fraction of sp³-hybridized carbons (Fsp3) is 0.333. The van der Waals surface area contributed by atoms with E-state index >= 15 is 0 Å². The van der Waals surface area contributed by atoms with Crippen LogP contribution in [0.5, 0.6) is 0 Å². The second-order valence-electron chi connectivity index (χ2n) is 10.9. The maximum atomic E-state index is 12.8. The Hall–Kier alpha value is -3.70. The van der Waals surface area contributed by atoms with Crippen molar-refractivity contribution >= 4 is 66.8 Å². The Morgan fingerprint density at radius 2 is 1.12 bits per heavy atom. The molecule has 0 fully saturated rings. The van der Waals surface area contributed by atoms with Crippen molar-refractivity contribution < 1.29 is 0 Å². The van der Waals surface area contributed by atoms with Crippen LogP contribution in [-0.4, -0.2) is 41.6 Å². The lowest BCUT2D eigenvalue weighted by atomic mass is 10.1. The van der Waals surface area contributed by atoms with Crippen LogP contribution in [0.15, 0.2) is 46.0 Å². The summed E-state index contributed by atoms with van der Waals surface area (Å²) in [4.78, 5) is 25.5. The van der Waals surface area contributed by atoms with Gasteiger partial charge in [0.05, 0.1) is 21.8 Å². The molecule has 0 aliphatic carbocycles. The molecule has 6 aromatic rings. The maximum Gasteiger partial charge on any atom is 0.262 e. The largest absolute Gasteiger partial charge is 0.328 e. The highest BCUT2D eigenvalue weighted by Gasteiger charge is 2.17. The molecule has 0 unspecified atom stereocenters. The third kappa shape index (κ3) is 5.55. The van der Waals surface area contributed by atoms with Gasteiger partial charge in [-0.25, -0.2) is 0 Å². The highest BCUT2D eigenvalue weighted by atomic mass is 35.5. The number of rotatable bonds is 6. The number of halogens is 2. The van der Waals surface area contributed by atoms with Gasteiger partial charge in [-0.1, -0.05) is 23.2 Å². The standard InChI is InChI=1S/2C15H17ClN4O/c2*1-8(17)5-6-20-12-4-3-10(16)7-11(12)14-13(15(20)21)9(2)18-19-14/h2*3-4,7-8H,5-6,17H2,1-2H3,(H,18,19)/t2*8-/m10/s1. The number of aromatic nitrogens is 6. The van der Waals surface area contributed by atoms with Gasteiger partial charge in [-0.3, -0.25) is 19.8 Å².